The predicted molar refractivity (Wildman–Crippen MR) is 94.2 cm³/mol. The molecule has 8 nitrogen and oxygen atoms in total. The third kappa shape index (κ3) is 2.53. The molecule has 136 valence electrons. The van der Waals surface area contributed by atoms with E-state index in [1.54, 1.807) is 25.0 Å². The topological polar surface area (TPSA) is 91.2 Å². The number of rotatable bonds is 3. The fraction of sp³-hybridized carbons (Fsp3) is 0.444. The summed E-state index contributed by atoms with van der Waals surface area (Å²) >= 11 is 0. The summed E-state index contributed by atoms with van der Waals surface area (Å²) in [5.74, 6) is 1.94. The third-order valence-electron chi connectivity index (χ3n) is 4.93. The van der Waals surface area contributed by atoms with Crippen LogP contribution in [0.2, 0.25) is 0 Å². The van der Waals surface area contributed by atoms with Gasteiger partial charge in [0, 0.05) is 29.3 Å². The van der Waals surface area contributed by atoms with Gasteiger partial charge in [-0.1, -0.05) is 18.9 Å². The molecule has 0 spiro atoms. The summed E-state index contributed by atoms with van der Waals surface area (Å²) in [6.45, 7) is 4.19. The van der Waals surface area contributed by atoms with Gasteiger partial charge in [-0.15, -0.1) is 0 Å². The zero-order valence-corrected chi connectivity index (χ0v) is 15.2. The molecule has 0 amide bonds. The molecule has 0 fully saturated rings. The first-order valence-electron chi connectivity index (χ1n) is 8.46. The molecular weight excluding hydrogens is 334 g/mol. The van der Waals surface area contributed by atoms with Gasteiger partial charge in [0.25, 0.3) is 0 Å². The van der Waals surface area contributed by atoms with Gasteiger partial charge < -0.3 is 14.8 Å². The molecule has 1 aliphatic heterocycles. The van der Waals surface area contributed by atoms with Crippen LogP contribution in [0.15, 0.2) is 29.5 Å². The lowest BCUT2D eigenvalue weighted by atomic mass is 9.73. The molecule has 1 N–H and O–H groups in total. The van der Waals surface area contributed by atoms with Gasteiger partial charge in [-0.25, -0.2) is 0 Å². The largest absolute Gasteiger partial charge is 0.497 e. The van der Waals surface area contributed by atoms with Crippen LogP contribution in [0.3, 0.4) is 0 Å². The van der Waals surface area contributed by atoms with Gasteiger partial charge in [0.2, 0.25) is 5.95 Å². The minimum absolute atomic E-state index is 0.104. The number of ether oxygens (including phenoxy) is 2. The standard InChI is InChI=1S/C18H21N5O3/c1-18(2)8-12-15(13(24)9-18)16(23-17(19-12)20-21-22-23)11-6-5-10(25-3)7-14(11)26-4/h5-7,16H,8-9H2,1-4H3,(H,19,20,22)/t16-/m1/s1. The molecule has 0 saturated carbocycles. The van der Waals surface area contributed by atoms with Gasteiger partial charge in [0.15, 0.2) is 5.78 Å². The first kappa shape index (κ1) is 16.6. The van der Waals surface area contributed by atoms with Crippen molar-refractivity contribution in [2.24, 2.45) is 5.41 Å². The van der Waals surface area contributed by atoms with Crippen LogP contribution in [-0.4, -0.2) is 40.2 Å². The van der Waals surface area contributed by atoms with E-state index in [1.807, 2.05) is 12.1 Å². The highest BCUT2D eigenvalue weighted by atomic mass is 16.5. The van der Waals surface area contributed by atoms with E-state index >= 15 is 0 Å². The van der Waals surface area contributed by atoms with Crippen LogP contribution in [-0.2, 0) is 4.79 Å². The van der Waals surface area contributed by atoms with Crippen molar-refractivity contribution >= 4 is 11.7 Å². The number of aromatic nitrogens is 4. The molecule has 8 heteroatoms. The monoisotopic (exact) mass is 355 g/mol. The van der Waals surface area contributed by atoms with Crippen molar-refractivity contribution < 1.29 is 14.3 Å². The molecule has 0 saturated heterocycles. The van der Waals surface area contributed by atoms with Crippen molar-refractivity contribution in [2.75, 3.05) is 19.5 Å². The quantitative estimate of drug-likeness (QED) is 0.903. The number of benzene rings is 1. The van der Waals surface area contributed by atoms with E-state index in [0.29, 0.717) is 29.4 Å². The van der Waals surface area contributed by atoms with Gasteiger partial charge in [0.05, 0.1) is 14.2 Å². The van der Waals surface area contributed by atoms with E-state index < -0.39 is 6.04 Å². The molecule has 1 aliphatic carbocycles. The van der Waals surface area contributed by atoms with Crippen molar-refractivity contribution in [3.8, 4) is 11.5 Å². The average Bonchev–Trinajstić information content (AvgIpc) is 3.06. The molecule has 0 bridgehead atoms. The summed E-state index contributed by atoms with van der Waals surface area (Å²) < 4.78 is 12.5. The summed E-state index contributed by atoms with van der Waals surface area (Å²) in [6, 6.07) is 5.12. The smallest absolute Gasteiger partial charge is 0.248 e. The first-order valence-corrected chi connectivity index (χ1v) is 8.46. The Balaban J connectivity index is 1.92. The van der Waals surface area contributed by atoms with Crippen LogP contribution in [0.1, 0.15) is 38.3 Å². The number of Topliss-reactive ketones (excluding diaryl/α,β-unsaturated/α-hetero) is 1. The number of nitrogens with zero attached hydrogens (tertiary/aromatic N) is 4. The zero-order valence-electron chi connectivity index (χ0n) is 15.2. The number of hydrogen-bond acceptors (Lipinski definition) is 7. The Kier molecular flexibility index (Phi) is 3.71. The first-order chi connectivity index (χ1) is 12.4. The Labute approximate surface area is 151 Å². The minimum atomic E-state index is -0.430. The number of ketones is 1. The van der Waals surface area contributed by atoms with Gasteiger partial charge >= 0.3 is 0 Å². The van der Waals surface area contributed by atoms with E-state index in [4.69, 9.17) is 9.47 Å². The maximum absolute atomic E-state index is 13.0. The Morgan fingerprint density at radius 2 is 2.04 bits per heavy atom. The number of nitrogens with one attached hydrogen (secondary N) is 1. The Bertz CT molecular complexity index is 915. The third-order valence-corrected chi connectivity index (χ3v) is 4.93. The second kappa shape index (κ2) is 5.82. The van der Waals surface area contributed by atoms with Crippen molar-refractivity contribution in [2.45, 2.75) is 32.7 Å². The summed E-state index contributed by atoms with van der Waals surface area (Å²) in [5, 5.41) is 15.2. The average molecular weight is 355 g/mol. The van der Waals surface area contributed by atoms with E-state index in [1.165, 1.54) is 0 Å². The second-order valence-corrected chi connectivity index (χ2v) is 7.42. The molecule has 0 unspecified atom stereocenters. The highest BCUT2D eigenvalue weighted by Crippen LogP contribution is 2.46. The van der Waals surface area contributed by atoms with Gasteiger partial charge in [-0.2, -0.15) is 4.68 Å². The number of carbonyl (C=O) groups excluding carboxylic acids is 1. The molecular formula is C18H21N5O3. The number of hydrogen-bond donors (Lipinski definition) is 1. The molecule has 1 aromatic carbocycles. The summed E-state index contributed by atoms with van der Waals surface area (Å²) in [4.78, 5) is 13.0. The number of tetrazole rings is 1. The highest BCUT2D eigenvalue weighted by molar-refractivity contribution is 6.00. The van der Waals surface area contributed by atoms with Crippen molar-refractivity contribution in [1.29, 1.82) is 0 Å². The van der Waals surface area contributed by atoms with E-state index in [-0.39, 0.29) is 11.2 Å². The number of allylic oxidation sites excluding steroid dienone is 2. The second-order valence-electron chi connectivity index (χ2n) is 7.42. The Morgan fingerprint density at radius 3 is 2.77 bits per heavy atom. The van der Waals surface area contributed by atoms with Gasteiger partial charge in [-0.05, 0) is 34.4 Å². The molecule has 2 aliphatic rings. The van der Waals surface area contributed by atoms with Crippen molar-refractivity contribution in [3.63, 3.8) is 0 Å². The van der Waals surface area contributed by atoms with Crippen molar-refractivity contribution in [3.05, 3.63) is 35.0 Å². The summed E-state index contributed by atoms with van der Waals surface area (Å²) in [5.41, 5.74) is 2.31. The van der Waals surface area contributed by atoms with Gasteiger partial charge in [-0.3, -0.25) is 4.79 Å². The number of methoxy groups -OCH3 is 2. The lowest BCUT2D eigenvalue weighted by molar-refractivity contribution is -0.118. The predicted octanol–water partition coefficient (Wildman–Crippen LogP) is 2.35. The van der Waals surface area contributed by atoms with Crippen LogP contribution >= 0.6 is 0 Å². The van der Waals surface area contributed by atoms with Crippen LogP contribution in [0.25, 0.3) is 0 Å². The van der Waals surface area contributed by atoms with E-state index in [9.17, 15) is 4.79 Å². The van der Waals surface area contributed by atoms with Gasteiger partial charge in [0.1, 0.15) is 17.5 Å². The molecule has 1 aromatic heterocycles. The molecule has 0 radical (unpaired) electrons. The maximum atomic E-state index is 13.0. The number of fused-ring (bicyclic) bond motifs is 1. The molecule has 1 atom stereocenters. The van der Waals surface area contributed by atoms with Crippen LogP contribution in [0, 0.1) is 5.41 Å². The Hall–Kier alpha value is -2.90. The number of anilines is 1. The minimum Gasteiger partial charge on any atom is -0.497 e. The molecule has 4 rings (SSSR count). The summed E-state index contributed by atoms with van der Waals surface area (Å²) in [7, 11) is 3.20. The lowest BCUT2D eigenvalue weighted by Gasteiger charge is -2.38. The van der Waals surface area contributed by atoms with Crippen LogP contribution in [0.5, 0.6) is 11.5 Å². The molecule has 2 heterocycles. The fourth-order valence-corrected chi connectivity index (χ4v) is 3.80. The molecule has 2 aromatic rings. The highest BCUT2D eigenvalue weighted by Gasteiger charge is 2.42. The zero-order chi connectivity index (χ0) is 18.5. The summed E-state index contributed by atoms with van der Waals surface area (Å²) in [6.07, 6.45) is 1.25. The van der Waals surface area contributed by atoms with Crippen LogP contribution in [0.4, 0.5) is 5.95 Å². The lowest BCUT2D eigenvalue weighted by Crippen LogP contribution is -2.36. The van der Waals surface area contributed by atoms with Crippen molar-refractivity contribution in [1.82, 2.24) is 20.2 Å². The van der Waals surface area contributed by atoms with E-state index in [2.05, 4.69) is 34.7 Å². The van der Waals surface area contributed by atoms with Crippen LogP contribution < -0.4 is 14.8 Å². The molecule has 26 heavy (non-hydrogen) atoms. The Morgan fingerprint density at radius 1 is 1.23 bits per heavy atom. The normalized spacial score (nSPS) is 20.9. The number of carbonyl (C=O) groups is 1. The fourth-order valence-electron chi connectivity index (χ4n) is 3.80. The van der Waals surface area contributed by atoms with E-state index in [0.717, 1.165) is 17.7 Å². The maximum Gasteiger partial charge on any atom is 0.248 e. The SMILES string of the molecule is COc1ccc([C@@H]2C3=C(CC(C)(C)CC3=O)Nc3nnnn32)c(OC)c1.